The Balaban J connectivity index is 3.05. The van der Waals surface area contributed by atoms with Gasteiger partial charge in [-0.25, -0.2) is 15.8 Å². The number of nitrogens with one attached hydrogen (secondary N) is 1. The molecular weight excluding hydrogens is 242 g/mol. The summed E-state index contributed by atoms with van der Waals surface area (Å²) in [6.07, 6.45) is 2.38. The molecular formula is C13H25N5O. The quantitative estimate of drug-likeness (QED) is 0.548. The standard InChI is InChI=1S/C13H25N5O/c1-5-11-12(17-14)15-9-16-13(11)18(6-7-19-4)8-10(2)3/h9-10H,5-8,14H2,1-4H3,(H,15,16,17). The van der Waals surface area contributed by atoms with Crippen LogP contribution in [0.4, 0.5) is 11.6 Å². The molecule has 6 heteroatoms. The molecule has 0 saturated heterocycles. The molecule has 0 spiro atoms. The minimum Gasteiger partial charge on any atom is -0.383 e. The van der Waals surface area contributed by atoms with E-state index in [1.54, 1.807) is 13.4 Å². The maximum absolute atomic E-state index is 5.51. The SMILES string of the molecule is CCc1c(NN)ncnc1N(CCOC)CC(C)C. The van der Waals surface area contributed by atoms with E-state index in [0.717, 1.165) is 30.9 Å². The smallest absolute Gasteiger partial charge is 0.148 e. The summed E-state index contributed by atoms with van der Waals surface area (Å²) in [5.41, 5.74) is 3.69. The molecule has 1 aromatic rings. The summed E-state index contributed by atoms with van der Waals surface area (Å²) in [7, 11) is 1.71. The van der Waals surface area contributed by atoms with Crippen molar-refractivity contribution in [3.63, 3.8) is 0 Å². The molecule has 0 aliphatic heterocycles. The highest BCUT2D eigenvalue weighted by atomic mass is 16.5. The molecule has 0 atom stereocenters. The first-order valence-corrected chi connectivity index (χ1v) is 6.68. The predicted octanol–water partition coefficient (Wildman–Crippen LogP) is 1.43. The number of hydrogen-bond donors (Lipinski definition) is 2. The van der Waals surface area contributed by atoms with Crippen molar-refractivity contribution < 1.29 is 4.74 Å². The lowest BCUT2D eigenvalue weighted by atomic mass is 10.1. The van der Waals surface area contributed by atoms with Crippen molar-refractivity contribution in [1.29, 1.82) is 0 Å². The molecule has 1 aromatic heterocycles. The number of aromatic nitrogens is 2. The second-order valence-electron chi connectivity index (χ2n) is 4.85. The average Bonchev–Trinajstić information content (AvgIpc) is 2.41. The Morgan fingerprint density at radius 3 is 2.68 bits per heavy atom. The Morgan fingerprint density at radius 2 is 2.16 bits per heavy atom. The van der Waals surface area contributed by atoms with E-state index in [1.807, 2.05) is 0 Å². The summed E-state index contributed by atoms with van der Waals surface area (Å²) in [4.78, 5) is 10.8. The van der Waals surface area contributed by atoms with Crippen LogP contribution < -0.4 is 16.2 Å². The van der Waals surface area contributed by atoms with E-state index < -0.39 is 0 Å². The molecule has 108 valence electrons. The highest BCUT2D eigenvalue weighted by Gasteiger charge is 2.16. The van der Waals surface area contributed by atoms with Crippen molar-refractivity contribution in [2.45, 2.75) is 27.2 Å². The maximum atomic E-state index is 5.51. The largest absolute Gasteiger partial charge is 0.383 e. The van der Waals surface area contributed by atoms with E-state index in [-0.39, 0.29) is 0 Å². The van der Waals surface area contributed by atoms with Gasteiger partial charge >= 0.3 is 0 Å². The third-order valence-electron chi connectivity index (χ3n) is 2.86. The van der Waals surface area contributed by atoms with Crippen LogP contribution in [-0.2, 0) is 11.2 Å². The minimum atomic E-state index is 0.547. The molecule has 0 saturated carbocycles. The van der Waals surface area contributed by atoms with Crippen LogP contribution in [0.3, 0.4) is 0 Å². The third kappa shape index (κ3) is 4.33. The normalized spacial score (nSPS) is 10.8. The lowest BCUT2D eigenvalue weighted by Crippen LogP contribution is -2.33. The van der Waals surface area contributed by atoms with Crippen LogP contribution >= 0.6 is 0 Å². The second kappa shape index (κ2) is 7.91. The van der Waals surface area contributed by atoms with Crippen molar-refractivity contribution in [2.75, 3.05) is 37.1 Å². The Bertz CT molecular complexity index is 383. The van der Waals surface area contributed by atoms with Crippen LogP contribution in [0.5, 0.6) is 0 Å². The van der Waals surface area contributed by atoms with Crippen molar-refractivity contribution in [1.82, 2.24) is 9.97 Å². The number of methoxy groups -OCH3 is 1. The Labute approximate surface area is 115 Å². The van der Waals surface area contributed by atoms with Crippen LogP contribution in [0.1, 0.15) is 26.3 Å². The van der Waals surface area contributed by atoms with Crippen molar-refractivity contribution in [2.24, 2.45) is 11.8 Å². The fraction of sp³-hybridized carbons (Fsp3) is 0.692. The van der Waals surface area contributed by atoms with Crippen LogP contribution in [0.15, 0.2) is 6.33 Å². The number of nitrogen functional groups attached to an aromatic ring is 1. The summed E-state index contributed by atoms with van der Waals surface area (Å²) in [5, 5.41) is 0. The van der Waals surface area contributed by atoms with Crippen LogP contribution in [0.2, 0.25) is 0 Å². The van der Waals surface area contributed by atoms with Crippen molar-refractivity contribution in [3.8, 4) is 0 Å². The zero-order valence-electron chi connectivity index (χ0n) is 12.3. The molecule has 0 unspecified atom stereocenters. The van der Waals surface area contributed by atoms with Crippen molar-refractivity contribution in [3.05, 3.63) is 11.9 Å². The monoisotopic (exact) mass is 267 g/mol. The van der Waals surface area contributed by atoms with Gasteiger partial charge in [0.2, 0.25) is 0 Å². The molecule has 0 aromatic carbocycles. The van der Waals surface area contributed by atoms with E-state index in [0.29, 0.717) is 18.3 Å². The maximum Gasteiger partial charge on any atom is 0.148 e. The van der Waals surface area contributed by atoms with Crippen LogP contribution in [-0.4, -0.2) is 36.8 Å². The first-order valence-electron chi connectivity index (χ1n) is 6.68. The molecule has 1 rings (SSSR count). The van der Waals surface area contributed by atoms with Crippen molar-refractivity contribution >= 4 is 11.6 Å². The van der Waals surface area contributed by atoms with Gasteiger partial charge in [-0.05, 0) is 12.3 Å². The van der Waals surface area contributed by atoms with Gasteiger partial charge in [0, 0.05) is 25.8 Å². The Kier molecular flexibility index (Phi) is 6.52. The summed E-state index contributed by atoms with van der Waals surface area (Å²) < 4.78 is 5.18. The second-order valence-corrected chi connectivity index (χ2v) is 4.85. The number of nitrogens with zero attached hydrogens (tertiary/aromatic N) is 3. The number of anilines is 2. The molecule has 3 N–H and O–H groups in total. The Morgan fingerprint density at radius 1 is 1.42 bits per heavy atom. The van der Waals surface area contributed by atoms with E-state index in [2.05, 4.69) is 41.1 Å². The van der Waals surface area contributed by atoms with E-state index in [9.17, 15) is 0 Å². The van der Waals surface area contributed by atoms with Gasteiger partial charge in [-0.3, -0.25) is 0 Å². The number of hydrazine groups is 1. The summed E-state index contributed by atoms with van der Waals surface area (Å²) >= 11 is 0. The zero-order chi connectivity index (χ0) is 14.3. The highest BCUT2D eigenvalue weighted by Crippen LogP contribution is 2.24. The summed E-state index contributed by atoms with van der Waals surface area (Å²) in [6.45, 7) is 8.86. The topological polar surface area (TPSA) is 76.3 Å². The van der Waals surface area contributed by atoms with Gasteiger partial charge in [0.15, 0.2) is 0 Å². The molecule has 0 fully saturated rings. The van der Waals surface area contributed by atoms with Gasteiger partial charge in [-0.15, -0.1) is 0 Å². The van der Waals surface area contributed by atoms with Gasteiger partial charge in [0.05, 0.1) is 6.61 Å². The predicted molar refractivity (Wildman–Crippen MR) is 78.1 cm³/mol. The van der Waals surface area contributed by atoms with E-state index in [1.165, 1.54) is 0 Å². The van der Waals surface area contributed by atoms with Crippen LogP contribution in [0, 0.1) is 5.92 Å². The molecule has 6 nitrogen and oxygen atoms in total. The lowest BCUT2D eigenvalue weighted by Gasteiger charge is -2.27. The van der Waals surface area contributed by atoms with Gasteiger partial charge in [-0.1, -0.05) is 20.8 Å². The van der Waals surface area contributed by atoms with Crippen LogP contribution in [0.25, 0.3) is 0 Å². The van der Waals surface area contributed by atoms with E-state index >= 15 is 0 Å². The summed E-state index contributed by atoms with van der Waals surface area (Å²) in [5.74, 6) is 7.69. The van der Waals surface area contributed by atoms with Gasteiger partial charge < -0.3 is 15.1 Å². The number of rotatable bonds is 8. The van der Waals surface area contributed by atoms with Gasteiger partial charge in [0.1, 0.15) is 18.0 Å². The molecule has 0 bridgehead atoms. The molecule has 0 aliphatic carbocycles. The fourth-order valence-corrected chi connectivity index (χ4v) is 2.05. The fourth-order valence-electron chi connectivity index (χ4n) is 2.05. The number of hydrogen-bond acceptors (Lipinski definition) is 6. The molecule has 0 amide bonds. The summed E-state index contributed by atoms with van der Waals surface area (Å²) in [6, 6.07) is 0. The van der Waals surface area contributed by atoms with Gasteiger partial charge in [0.25, 0.3) is 0 Å². The van der Waals surface area contributed by atoms with Gasteiger partial charge in [-0.2, -0.15) is 0 Å². The molecule has 0 aliphatic rings. The van der Waals surface area contributed by atoms with E-state index in [4.69, 9.17) is 10.6 Å². The third-order valence-corrected chi connectivity index (χ3v) is 2.86. The number of nitrogens with two attached hydrogens (primary N) is 1. The minimum absolute atomic E-state index is 0.547. The first-order chi connectivity index (χ1) is 9.13. The molecule has 0 radical (unpaired) electrons. The molecule has 19 heavy (non-hydrogen) atoms. The molecule has 1 heterocycles. The number of ether oxygens (including phenoxy) is 1. The average molecular weight is 267 g/mol. The zero-order valence-corrected chi connectivity index (χ0v) is 12.3. The highest BCUT2D eigenvalue weighted by molar-refractivity contribution is 5.58. The lowest BCUT2D eigenvalue weighted by molar-refractivity contribution is 0.204. The Hall–Kier alpha value is -1.40. The first kappa shape index (κ1) is 15.7.